The number of aliphatic carboxylic acids is 1. The van der Waals surface area contributed by atoms with Gasteiger partial charge in [-0.05, 0) is 25.0 Å². The average Bonchev–Trinajstić information content (AvgIpc) is 3.95. The Morgan fingerprint density at radius 1 is 1.02 bits per heavy atom. The fourth-order valence-electron chi connectivity index (χ4n) is 7.01. The summed E-state index contributed by atoms with van der Waals surface area (Å²) in [4.78, 5) is 67.4. The predicted molar refractivity (Wildman–Crippen MR) is 209 cm³/mol. The second-order valence-electron chi connectivity index (χ2n) is 13.1. The fraction of sp³-hybridized carbons (Fsp3) is 0.175. The van der Waals surface area contributed by atoms with Crippen molar-refractivity contribution >= 4 is 63.5 Å². The Morgan fingerprint density at radius 3 is 2.18 bits per heavy atom. The number of hydrogen-bond acceptors (Lipinski definition) is 12. The number of allylic oxidation sites excluding steroid dienone is 1. The van der Waals surface area contributed by atoms with Crippen molar-refractivity contribution in [1.82, 2.24) is 20.4 Å². The highest BCUT2D eigenvalue weighted by atomic mass is 32.2. The van der Waals surface area contributed by atoms with E-state index in [1.54, 1.807) is 18.4 Å². The van der Waals surface area contributed by atoms with Gasteiger partial charge < -0.3 is 25.5 Å². The standard InChI is InChI=1S/C40H33N7O7S2/c1-23-19-30(44-53-23)46-18-17-24(35(46)49)20-25-21-55-37-32(36(50)47(37)33(25)38(51)52)43-34(48)31(29-22-56-39(41)42-29)45-54-40(26-11-5-2-6-12-26,27-13-7-3-8-14-27)28-15-9-4-10-16-28/h2-16,19-20,22,32,37H,17-18,21H2,1H3,(H2,41,42)(H,43,48)(H,51,52)/t32-,37-/m1/s1. The van der Waals surface area contributed by atoms with Crippen LogP contribution in [0.1, 0.15) is 34.6 Å². The Morgan fingerprint density at radius 2 is 1.64 bits per heavy atom. The number of rotatable bonds is 11. The van der Waals surface area contributed by atoms with Crippen molar-refractivity contribution in [1.29, 1.82) is 0 Å². The van der Waals surface area contributed by atoms with Gasteiger partial charge in [0.25, 0.3) is 17.7 Å². The van der Waals surface area contributed by atoms with Crippen LogP contribution < -0.4 is 16.0 Å². The van der Waals surface area contributed by atoms with Crippen LogP contribution in [0.25, 0.3) is 0 Å². The highest BCUT2D eigenvalue weighted by Crippen LogP contribution is 2.43. The molecule has 3 aromatic carbocycles. The van der Waals surface area contributed by atoms with Crippen molar-refractivity contribution in [2.24, 2.45) is 5.16 Å². The van der Waals surface area contributed by atoms with E-state index < -0.39 is 34.8 Å². The van der Waals surface area contributed by atoms with Crippen molar-refractivity contribution in [2.75, 3.05) is 22.9 Å². The molecule has 2 fully saturated rings. The van der Waals surface area contributed by atoms with Gasteiger partial charge >= 0.3 is 5.97 Å². The van der Waals surface area contributed by atoms with E-state index in [1.807, 2.05) is 91.0 Å². The van der Waals surface area contributed by atoms with E-state index in [1.165, 1.54) is 22.7 Å². The maximum Gasteiger partial charge on any atom is 0.352 e. The second-order valence-corrected chi connectivity index (χ2v) is 15.1. The molecule has 5 aromatic rings. The van der Waals surface area contributed by atoms with Gasteiger partial charge in [0.2, 0.25) is 5.60 Å². The number of carboxylic acid groups (broad SMARTS) is 1. The van der Waals surface area contributed by atoms with Gasteiger partial charge in [-0.25, -0.2) is 9.78 Å². The van der Waals surface area contributed by atoms with Crippen LogP contribution in [0.3, 0.4) is 0 Å². The number of amides is 3. The fourth-order valence-corrected chi connectivity index (χ4v) is 8.87. The number of hydrogen-bond donors (Lipinski definition) is 3. The van der Waals surface area contributed by atoms with Crippen LogP contribution in [-0.2, 0) is 29.6 Å². The zero-order valence-electron chi connectivity index (χ0n) is 29.7. The lowest BCUT2D eigenvalue weighted by molar-refractivity contribution is -0.150. The first-order valence-electron chi connectivity index (χ1n) is 17.5. The number of carboxylic acids is 1. The van der Waals surface area contributed by atoms with E-state index in [0.717, 1.165) is 32.9 Å². The SMILES string of the molecule is Cc1cc(N2CCC(=CC3=C(C(=O)O)N4C(=O)[C@@H](NC(=O)C(=NOC(c5ccccc5)(c5ccccc5)c5ccccc5)c5csc(N)n5)[C@H]4SC3)C2=O)no1. The number of thiazole rings is 1. The van der Waals surface area contributed by atoms with E-state index in [0.29, 0.717) is 35.7 Å². The number of fused-ring (bicyclic) bond motifs is 1. The van der Waals surface area contributed by atoms with Crippen molar-refractivity contribution < 1.29 is 33.6 Å². The number of nitrogens with zero attached hydrogens (tertiary/aromatic N) is 5. The Balaban J connectivity index is 1.10. The molecular formula is C40H33N7O7S2. The summed E-state index contributed by atoms with van der Waals surface area (Å²) in [5.41, 5.74) is 7.24. The number of nitrogens with two attached hydrogens (primary N) is 1. The Bertz CT molecular complexity index is 2330. The molecule has 2 atom stereocenters. The first-order valence-corrected chi connectivity index (χ1v) is 19.4. The molecule has 2 saturated heterocycles. The zero-order chi connectivity index (χ0) is 39.0. The Labute approximate surface area is 328 Å². The minimum atomic E-state index is -1.33. The van der Waals surface area contributed by atoms with Gasteiger partial charge in [-0.1, -0.05) is 101 Å². The highest BCUT2D eigenvalue weighted by Gasteiger charge is 2.54. The number of anilines is 2. The van der Waals surface area contributed by atoms with E-state index in [4.69, 9.17) is 15.1 Å². The van der Waals surface area contributed by atoms with Gasteiger partial charge in [-0.2, -0.15) is 0 Å². The minimum Gasteiger partial charge on any atom is -0.477 e. The molecule has 8 rings (SSSR count). The second kappa shape index (κ2) is 15.0. The number of aromatic nitrogens is 2. The summed E-state index contributed by atoms with van der Waals surface area (Å²) >= 11 is 2.38. The summed E-state index contributed by atoms with van der Waals surface area (Å²) in [5, 5.41) is 22.5. The molecule has 16 heteroatoms. The summed E-state index contributed by atoms with van der Waals surface area (Å²) in [6, 6.07) is 29.0. The van der Waals surface area contributed by atoms with E-state index in [2.05, 4.69) is 20.6 Å². The molecule has 0 radical (unpaired) electrons. The van der Waals surface area contributed by atoms with E-state index in [-0.39, 0.29) is 33.9 Å². The predicted octanol–water partition coefficient (Wildman–Crippen LogP) is 4.84. The largest absolute Gasteiger partial charge is 0.477 e. The number of nitrogen functional groups attached to an aromatic ring is 1. The molecule has 3 aliphatic heterocycles. The van der Waals surface area contributed by atoms with Gasteiger partial charge in [0.15, 0.2) is 16.7 Å². The number of oxime groups is 1. The van der Waals surface area contributed by atoms with Crippen LogP contribution in [0.4, 0.5) is 10.9 Å². The van der Waals surface area contributed by atoms with Crippen molar-refractivity contribution in [3.05, 3.63) is 154 Å². The molecule has 4 N–H and O–H groups in total. The van der Waals surface area contributed by atoms with Gasteiger partial charge in [0.1, 0.15) is 28.6 Å². The van der Waals surface area contributed by atoms with Crippen molar-refractivity contribution in [3.63, 3.8) is 0 Å². The summed E-state index contributed by atoms with van der Waals surface area (Å²) < 4.78 is 5.12. The number of nitrogens with one attached hydrogen (secondary N) is 1. The molecular weight excluding hydrogens is 755 g/mol. The molecule has 3 amide bonds. The molecule has 3 aliphatic rings. The number of thioether (sulfide) groups is 1. The number of carbonyl (C=O) groups excluding carboxylic acids is 3. The number of β-lactam (4-membered cyclic amide) rings is 1. The van der Waals surface area contributed by atoms with Crippen LogP contribution in [0.15, 0.2) is 135 Å². The van der Waals surface area contributed by atoms with Crippen LogP contribution in [0, 0.1) is 6.92 Å². The molecule has 0 bridgehead atoms. The third-order valence-corrected chi connectivity index (χ3v) is 11.6. The first kappa shape index (κ1) is 36.5. The molecule has 2 aromatic heterocycles. The van der Waals surface area contributed by atoms with Gasteiger partial charge in [0, 0.05) is 46.0 Å². The molecule has 0 unspecified atom stereocenters. The lowest BCUT2D eigenvalue weighted by Crippen LogP contribution is -2.71. The first-order chi connectivity index (χ1) is 27.2. The Hall–Kier alpha value is -6.52. The number of carbonyl (C=O) groups is 4. The maximum absolute atomic E-state index is 14.2. The lowest BCUT2D eigenvalue weighted by atomic mass is 9.80. The molecule has 14 nitrogen and oxygen atoms in total. The smallest absolute Gasteiger partial charge is 0.352 e. The van der Waals surface area contributed by atoms with E-state index >= 15 is 0 Å². The van der Waals surface area contributed by atoms with Crippen molar-refractivity contribution in [3.8, 4) is 0 Å². The van der Waals surface area contributed by atoms with E-state index in [9.17, 15) is 24.3 Å². The zero-order valence-corrected chi connectivity index (χ0v) is 31.3. The summed E-state index contributed by atoms with van der Waals surface area (Å²) in [5.74, 6) is -1.97. The minimum absolute atomic E-state index is 0.129. The third-order valence-electron chi connectivity index (χ3n) is 9.65. The summed E-state index contributed by atoms with van der Waals surface area (Å²) in [7, 11) is 0. The molecule has 0 aliphatic carbocycles. The van der Waals surface area contributed by atoms with Gasteiger partial charge in [-0.3, -0.25) is 24.2 Å². The van der Waals surface area contributed by atoms with Crippen LogP contribution in [0.2, 0.25) is 0 Å². The average molecular weight is 788 g/mol. The molecule has 282 valence electrons. The summed E-state index contributed by atoms with van der Waals surface area (Å²) in [6.07, 6.45) is 1.89. The van der Waals surface area contributed by atoms with Gasteiger partial charge in [0.05, 0.1) is 0 Å². The molecule has 0 saturated carbocycles. The normalized spacial score (nSPS) is 19.2. The van der Waals surface area contributed by atoms with Crippen LogP contribution in [0.5, 0.6) is 0 Å². The lowest BCUT2D eigenvalue weighted by Gasteiger charge is -2.49. The number of aryl methyl sites for hydroxylation is 1. The highest BCUT2D eigenvalue weighted by molar-refractivity contribution is 8.00. The molecule has 0 spiro atoms. The third kappa shape index (κ3) is 6.51. The summed E-state index contributed by atoms with van der Waals surface area (Å²) in [6.45, 7) is 2.07. The van der Waals surface area contributed by atoms with Crippen LogP contribution in [-0.4, -0.2) is 73.3 Å². The van der Waals surface area contributed by atoms with Crippen molar-refractivity contribution in [2.45, 2.75) is 30.4 Å². The topological polar surface area (TPSA) is 194 Å². The Kier molecular flexibility index (Phi) is 9.74. The monoisotopic (exact) mass is 787 g/mol. The van der Waals surface area contributed by atoms with Gasteiger partial charge in [-0.15, -0.1) is 23.1 Å². The molecule has 56 heavy (non-hydrogen) atoms. The van der Waals surface area contributed by atoms with Crippen LogP contribution >= 0.6 is 23.1 Å². The molecule has 5 heterocycles. The number of benzene rings is 3. The quantitative estimate of drug-likeness (QED) is 0.0546. The maximum atomic E-state index is 14.2.